The average Bonchev–Trinajstić information content (AvgIpc) is 3.17. The van der Waals surface area contributed by atoms with E-state index >= 15 is 0 Å². The predicted molar refractivity (Wildman–Crippen MR) is 106 cm³/mol. The Balaban J connectivity index is 1.88. The fourth-order valence-corrected chi connectivity index (χ4v) is 3.75. The molecule has 2 atom stereocenters. The molecule has 0 bridgehead atoms. The first-order valence-corrected chi connectivity index (χ1v) is 9.38. The van der Waals surface area contributed by atoms with Crippen molar-refractivity contribution in [1.82, 2.24) is 14.9 Å². The standard InChI is InChI=1S/C21H19F3N4O3/c1-11-9-14-15(10-12(11)2)28-19(25-14)26-18(30)20(28,21(22,23)24)27-17(29)16(31-3)13-7-5-4-6-8-13/h4-10,16H,1-3H3,(H,27,29)(H,25,26,30). The minimum absolute atomic E-state index is 0.0720. The lowest BCUT2D eigenvalue weighted by molar-refractivity contribution is -0.218. The molecule has 162 valence electrons. The number of fused-ring (bicyclic) bond motifs is 3. The molecule has 1 aliphatic rings. The van der Waals surface area contributed by atoms with Crippen molar-refractivity contribution in [3.05, 3.63) is 59.2 Å². The molecule has 2 N–H and O–H groups in total. The van der Waals surface area contributed by atoms with Crippen LogP contribution in [-0.2, 0) is 20.0 Å². The first-order valence-electron chi connectivity index (χ1n) is 9.38. The van der Waals surface area contributed by atoms with E-state index in [0.29, 0.717) is 10.1 Å². The number of ether oxygens (including phenoxy) is 1. The number of carbonyl (C=O) groups is 2. The number of rotatable bonds is 4. The number of halogens is 3. The zero-order chi connectivity index (χ0) is 22.6. The van der Waals surface area contributed by atoms with E-state index in [1.165, 1.54) is 13.2 Å². The number of carbonyl (C=O) groups excluding carboxylic acids is 2. The summed E-state index contributed by atoms with van der Waals surface area (Å²) in [5.74, 6) is -2.85. The van der Waals surface area contributed by atoms with E-state index in [2.05, 4.69) is 10.3 Å². The summed E-state index contributed by atoms with van der Waals surface area (Å²) in [4.78, 5) is 29.8. The minimum atomic E-state index is -5.17. The van der Waals surface area contributed by atoms with Crippen LogP contribution in [0, 0.1) is 13.8 Å². The molecule has 0 saturated carbocycles. The topological polar surface area (TPSA) is 85.2 Å². The summed E-state index contributed by atoms with van der Waals surface area (Å²) >= 11 is 0. The van der Waals surface area contributed by atoms with Gasteiger partial charge >= 0.3 is 6.18 Å². The number of amides is 2. The van der Waals surface area contributed by atoms with Crippen molar-refractivity contribution in [3.8, 4) is 0 Å². The first kappa shape index (κ1) is 20.9. The van der Waals surface area contributed by atoms with Gasteiger partial charge in [-0.1, -0.05) is 30.3 Å². The van der Waals surface area contributed by atoms with Crippen molar-refractivity contribution in [3.63, 3.8) is 0 Å². The second-order valence-electron chi connectivity index (χ2n) is 7.37. The molecule has 10 heteroatoms. The molecule has 0 saturated heterocycles. The molecule has 0 radical (unpaired) electrons. The number of imidazole rings is 1. The average molecular weight is 432 g/mol. The normalized spacial score (nSPS) is 19.2. The maximum absolute atomic E-state index is 14.5. The molecule has 31 heavy (non-hydrogen) atoms. The van der Waals surface area contributed by atoms with Crippen molar-refractivity contribution in [2.75, 3.05) is 12.4 Å². The van der Waals surface area contributed by atoms with Crippen LogP contribution in [0.1, 0.15) is 22.8 Å². The number of methoxy groups -OCH3 is 1. The van der Waals surface area contributed by atoms with Gasteiger partial charge in [-0.25, -0.2) is 4.98 Å². The zero-order valence-corrected chi connectivity index (χ0v) is 16.9. The summed E-state index contributed by atoms with van der Waals surface area (Å²) in [6, 6.07) is 11.2. The number of alkyl halides is 3. The largest absolute Gasteiger partial charge is 0.440 e. The lowest BCUT2D eigenvalue weighted by atomic mass is 10.0. The summed E-state index contributed by atoms with van der Waals surface area (Å²) < 4.78 is 49.3. The van der Waals surface area contributed by atoms with Gasteiger partial charge in [0.25, 0.3) is 17.5 Å². The van der Waals surface area contributed by atoms with Gasteiger partial charge in [0, 0.05) is 7.11 Å². The molecule has 1 aliphatic heterocycles. The molecule has 2 aromatic carbocycles. The minimum Gasteiger partial charge on any atom is -0.367 e. The number of benzene rings is 2. The first-order chi connectivity index (χ1) is 14.6. The molecular weight excluding hydrogens is 413 g/mol. The molecule has 7 nitrogen and oxygen atoms in total. The fourth-order valence-electron chi connectivity index (χ4n) is 3.75. The van der Waals surface area contributed by atoms with Crippen molar-refractivity contribution in [2.45, 2.75) is 31.8 Å². The number of hydrogen-bond donors (Lipinski definition) is 2. The molecule has 0 fully saturated rings. The highest BCUT2D eigenvalue weighted by Crippen LogP contribution is 2.44. The Bertz CT molecular complexity index is 1190. The molecule has 2 unspecified atom stereocenters. The molecule has 4 rings (SSSR count). The third kappa shape index (κ3) is 3.05. The van der Waals surface area contributed by atoms with Crippen molar-refractivity contribution < 1.29 is 27.5 Å². The second kappa shape index (κ2) is 7.09. The van der Waals surface area contributed by atoms with Crippen LogP contribution < -0.4 is 10.6 Å². The van der Waals surface area contributed by atoms with Gasteiger partial charge in [-0.2, -0.15) is 13.2 Å². The highest BCUT2D eigenvalue weighted by Gasteiger charge is 2.68. The lowest BCUT2D eigenvalue weighted by Crippen LogP contribution is -2.64. The van der Waals surface area contributed by atoms with Crippen LogP contribution in [0.25, 0.3) is 11.0 Å². The molecule has 2 amide bonds. The zero-order valence-electron chi connectivity index (χ0n) is 16.9. The Morgan fingerprint density at radius 2 is 1.84 bits per heavy atom. The van der Waals surface area contributed by atoms with E-state index < -0.39 is 29.8 Å². The number of nitrogens with zero attached hydrogens (tertiary/aromatic N) is 2. The van der Waals surface area contributed by atoms with Gasteiger partial charge in [0.1, 0.15) is 0 Å². The Kier molecular flexibility index (Phi) is 4.77. The van der Waals surface area contributed by atoms with Gasteiger partial charge in [-0.05, 0) is 42.7 Å². The molecule has 1 aromatic heterocycles. The van der Waals surface area contributed by atoms with Crippen LogP contribution in [-0.4, -0.2) is 34.7 Å². The van der Waals surface area contributed by atoms with Crippen molar-refractivity contribution in [2.24, 2.45) is 0 Å². The smallest absolute Gasteiger partial charge is 0.367 e. The third-order valence-corrected chi connectivity index (χ3v) is 5.45. The van der Waals surface area contributed by atoms with E-state index in [-0.39, 0.29) is 17.0 Å². The highest BCUT2D eigenvalue weighted by molar-refractivity contribution is 6.05. The van der Waals surface area contributed by atoms with Crippen molar-refractivity contribution >= 4 is 28.8 Å². The molecule has 3 aromatic rings. The van der Waals surface area contributed by atoms with Gasteiger partial charge in [-0.3, -0.25) is 19.5 Å². The third-order valence-electron chi connectivity index (χ3n) is 5.45. The van der Waals surface area contributed by atoms with Crippen LogP contribution in [0.3, 0.4) is 0 Å². The number of hydrogen-bond acceptors (Lipinski definition) is 4. The summed E-state index contributed by atoms with van der Waals surface area (Å²) in [6.45, 7) is 3.54. The number of aryl methyl sites for hydroxylation is 2. The van der Waals surface area contributed by atoms with Gasteiger partial charge < -0.3 is 10.1 Å². The Labute approximate surface area is 175 Å². The van der Waals surface area contributed by atoms with Gasteiger partial charge in [0.15, 0.2) is 6.10 Å². The maximum Gasteiger partial charge on any atom is 0.440 e. The van der Waals surface area contributed by atoms with E-state index in [9.17, 15) is 22.8 Å². The molecule has 0 aliphatic carbocycles. The van der Waals surface area contributed by atoms with Crippen LogP contribution >= 0.6 is 0 Å². The van der Waals surface area contributed by atoms with E-state index in [0.717, 1.165) is 11.1 Å². The summed E-state index contributed by atoms with van der Waals surface area (Å²) in [6.07, 6.45) is -6.52. The molecule has 0 spiro atoms. The monoisotopic (exact) mass is 432 g/mol. The van der Waals surface area contributed by atoms with Crippen LogP contribution in [0.2, 0.25) is 0 Å². The van der Waals surface area contributed by atoms with Crippen LogP contribution in [0.4, 0.5) is 19.1 Å². The van der Waals surface area contributed by atoms with Crippen LogP contribution in [0.5, 0.6) is 0 Å². The summed E-state index contributed by atoms with van der Waals surface area (Å²) in [5, 5.41) is 4.08. The second-order valence-corrected chi connectivity index (χ2v) is 7.37. The molecule has 2 heterocycles. The Hall–Kier alpha value is -3.40. The van der Waals surface area contributed by atoms with Gasteiger partial charge in [0.2, 0.25) is 5.95 Å². The summed E-state index contributed by atoms with van der Waals surface area (Å²) in [5.41, 5.74) is -1.13. The lowest BCUT2D eigenvalue weighted by Gasteiger charge is -2.33. The van der Waals surface area contributed by atoms with E-state index in [1.807, 2.05) is 5.32 Å². The number of nitrogens with one attached hydrogen (secondary N) is 2. The number of anilines is 1. The van der Waals surface area contributed by atoms with Gasteiger partial charge in [-0.15, -0.1) is 0 Å². The van der Waals surface area contributed by atoms with Crippen LogP contribution in [0.15, 0.2) is 42.5 Å². The quantitative estimate of drug-likeness (QED) is 0.663. The number of aromatic nitrogens is 2. The maximum atomic E-state index is 14.5. The Morgan fingerprint density at radius 1 is 1.19 bits per heavy atom. The van der Waals surface area contributed by atoms with E-state index in [1.54, 1.807) is 50.2 Å². The molecular formula is C21H19F3N4O3. The summed E-state index contributed by atoms with van der Waals surface area (Å²) in [7, 11) is 1.20. The van der Waals surface area contributed by atoms with E-state index in [4.69, 9.17) is 4.74 Å². The predicted octanol–water partition coefficient (Wildman–Crippen LogP) is 3.32. The van der Waals surface area contributed by atoms with Gasteiger partial charge in [0.05, 0.1) is 11.0 Å². The highest BCUT2D eigenvalue weighted by atomic mass is 19.4. The fraction of sp³-hybridized carbons (Fsp3) is 0.286. The SMILES string of the molecule is COC(C(=O)NC1(C(F)(F)F)C(=O)Nc2nc3cc(C)c(C)cc3n21)c1ccccc1. The Morgan fingerprint density at radius 3 is 2.45 bits per heavy atom. The van der Waals surface area contributed by atoms with Crippen molar-refractivity contribution in [1.29, 1.82) is 0 Å².